The standard InChI is InChI=1S/C21H21N5O2/c27-19(15-2-1-5-22-14-15)13-20-24-18-12-16(25-8-10-28-11-9-25)3-4-17(18)21-23-6-7-26(20)21/h1-5,12-14,24H,6-11H2. The molecule has 4 heterocycles. The van der Waals surface area contributed by atoms with Crippen LogP contribution in [0.25, 0.3) is 0 Å². The molecule has 1 aromatic carbocycles. The van der Waals surface area contributed by atoms with Crippen LogP contribution in [-0.2, 0) is 4.74 Å². The summed E-state index contributed by atoms with van der Waals surface area (Å²) < 4.78 is 5.46. The van der Waals surface area contributed by atoms with E-state index in [0.29, 0.717) is 5.56 Å². The van der Waals surface area contributed by atoms with Crippen molar-refractivity contribution in [3.8, 4) is 0 Å². The van der Waals surface area contributed by atoms with Crippen LogP contribution in [0.15, 0.2) is 59.6 Å². The number of nitrogens with one attached hydrogen (secondary N) is 1. The predicted molar refractivity (Wildman–Crippen MR) is 108 cm³/mol. The summed E-state index contributed by atoms with van der Waals surface area (Å²) in [6, 6.07) is 9.94. The lowest BCUT2D eigenvalue weighted by Gasteiger charge is -2.33. The van der Waals surface area contributed by atoms with Crippen molar-refractivity contribution in [2.24, 2.45) is 4.99 Å². The van der Waals surface area contributed by atoms with Crippen molar-refractivity contribution < 1.29 is 9.53 Å². The van der Waals surface area contributed by atoms with Gasteiger partial charge in [0.15, 0.2) is 5.78 Å². The molecule has 1 aromatic heterocycles. The first-order chi connectivity index (χ1) is 13.8. The number of fused-ring (bicyclic) bond motifs is 3. The fourth-order valence-corrected chi connectivity index (χ4v) is 3.80. The zero-order valence-corrected chi connectivity index (χ0v) is 15.5. The van der Waals surface area contributed by atoms with Gasteiger partial charge in [0.05, 0.1) is 25.4 Å². The Morgan fingerprint density at radius 3 is 2.89 bits per heavy atom. The van der Waals surface area contributed by atoms with Crippen LogP contribution in [0.2, 0.25) is 0 Å². The van der Waals surface area contributed by atoms with Gasteiger partial charge in [0.25, 0.3) is 0 Å². The minimum atomic E-state index is -0.0744. The molecule has 3 aliphatic rings. The van der Waals surface area contributed by atoms with E-state index in [9.17, 15) is 4.79 Å². The first kappa shape index (κ1) is 16.9. The Hall–Kier alpha value is -3.19. The third kappa shape index (κ3) is 3.03. The number of amidine groups is 1. The summed E-state index contributed by atoms with van der Waals surface area (Å²) in [5.41, 5.74) is 3.77. The van der Waals surface area contributed by atoms with E-state index in [1.807, 2.05) is 0 Å². The highest BCUT2D eigenvalue weighted by atomic mass is 16.5. The molecule has 2 aromatic rings. The average Bonchev–Trinajstić information content (AvgIpc) is 3.25. The highest BCUT2D eigenvalue weighted by molar-refractivity contribution is 6.10. The van der Waals surface area contributed by atoms with Gasteiger partial charge in [-0.15, -0.1) is 0 Å². The molecule has 0 aliphatic carbocycles. The summed E-state index contributed by atoms with van der Waals surface area (Å²) >= 11 is 0. The number of carbonyl (C=O) groups is 1. The van der Waals surface area contributed by atoms with Crippen molar-refractivity contribution in [1.82, 2.24) is 9.88 Å². The molecule has 7 heteroatoms. The minimum absolute atomic E-state index is 0.0744. The number of aliphatic imine (C=N–C) groups is 1. The Balaban J connectivity index is 1.49. The third-order valence-corrected chi connectivity index (χ3v) is 5.23. The predicted octanol–water partition coefficient (Wildman–Crippen LogP) is 2.13. The van der Waals surface area contributed by atoms with Gasteiger partial charge < -0.3 is 19.9 Å². The number of anilines is 2. The Morgan fingerprint density at radius 1 is 1.18 bits per heavy atom. The lowest BCUT2D eigenvalue weighted by molar-refractivity contribution is 0.104. The van der Waals surface area contributed by atoms with E-state index in [1.54, 1.807) is 30.6 Å². The van der Waals surface area contributed by atoms with Crippen LogP contribution in [0.5, 0.6) is 0 Å². The summed E-state index contributed by atoms with van der Waals surface area (Å²) in [5.74, 6) is 1.61. The van der Waals surface area contributed by atoms with Gasteiger partial charge in [0, 0.05) is 54.9 Å². The molecule has 0 spiro atoms. The number of ether oxygens (including phenoxy) is 1. The van der Waals surface area contributed by atoms with Crippen molar-refractivity contribution in [3.05, 3.63) is 65.7 Å². The van der Waals surface area contributed by atoms with Gasteiger partial charge in [0.2, 0.25) is 0 Å². The molecule has 0 saturated carbocycles. The number of ketones is 1. The molecule has 3 aliphatic heterocycles. The maximum Gasteiger partial charge on any atom is 0.191 e. The molecule has 28 heavy (non-hydrogen) atoms. The van der Waals surface area contributed by atoms with Crippen LogP contribution in [0, 0.1) is 0 Å². The molecule has 0 radical (unpaired) electrons. The Labute approximate surface area is 163 Å². The zero-order chi connectivity index (χ0) is 18.9. The lowest BCUT2D eigenvalue weighted by atomic mass is 10.1. The highest BCUT2D eigenvalue weighted by Gasteiger charge is 2.30. The number of morpholine rings is 1. The Bertz CT molecular complexity index is 964. The number of aromatic nitrogens is 1. The molecule has 7 nitrogen and oxygen atoms in total. The second kappa shape index (κ2) is 7.09. The molecule has 0 bridgehead atoms. The lowest BCUT2D eigenvalue weighted by Crippen LogP contribution is -2.38. The van der Waals surface area contributed by atoms with E-state index < -0.39 is 0 Å². The van der Waals surface area contributed by atoms with Gasteiger partial charge >= 0.3 is 0 Å². The number of allylic oxidation sites excluding steroid dienone is 1. The molecule has 1 N–H and O–H groups in total. The first-order valence-corrected chi connectivity index (χ1v) is 9.52. The van der Waals surface area contributed by atoms with Crippen molar-refractivity contribution in [2.45, 2.75) is 0 Å². The van der Waals surface area contributed by atoms with Crippen LogP contribution in [-0.4, -0.2) is 60.9 Å². The second-order valence-corrected chi connectivity index (χ2v) is 6.95. The van der Waals surface area contributed by atoms with Crippen molar-refractivity contribution in [1.29, 1.82) is 0 Å². The number of nitrogens with zero attached hydrogens (tertiary/aromatic N) is 4. The van der Waals surface area contributed by atoms with Crippen molar-refractivity contribution in [2.75, 3.05) is 49.6 Å². The van der Waals surface area contributed by atoms with Gasteiger partial charge in [-0.05, 0) is 30.3 Å². The Kier molecular flexibility index (Phi) is 4.29. The molecule has 0 amide bonds. The average molecular weight is 375 g/mol. The van der Waals surface area contributed by atoms with E-state index in [2.05, 4.69) is 43.3 Å². The first-order valence-electron chi connectivity index (χ1n) is 9.52. The van der Waals surface area contributed by atoms with Gasteiger partial charge in [-0.3, -0.25) is 14.8 Å². The largest absolute Gasteiger partial charge is 0.378 e. The summed E-state index contributed by atoms with van der Waals surface area (Å²) in [6.07, 6.45) is 4.89. The van der Waals surface area contributed by atoms with E-state index in [-0.39, 0.29) is 5.78 Å². The van der Waals surface area contributed by atoms with E-state index in [1.165, 1.54) is 0 Å². The summed E-state index contributed by atoms with van der Waals surface area (Å²) in [5, 5.41) is 3.46. The number of pyridine rings is 1. The highest BCUT2D eigenvalue weighted by Crippen LogP contribution is 2.33. The fraction of sp³-hybridized carbons (Fsp3) is 0.286. The van der Waals surface area contributed by atoms with Crippen LogP contribution in [0.3, 0.4) is 0 Å². The molecule has 0 unspecified atom stereocenters. The normalized spacial score (nSPS) is 19.7. The van der Waals surface area contributed by atoms with Gasteiger partial charge in [0.1, 0.15) is 11.7 Å². The number of hydrogen-bond acceptors (Lipinski definition) is 7. The van der Waals surface area contributed by atoms with Gasteiger partial charge in [-0.2, -0.15) is 0 Å². The number of benzene rings is 1. The summed E-state index contributed by atoms with van der Waals surface area (Å²) in [6.45, 7) is 4.74. The smallest absolute Gasteiger partial charge is 0.191 e. The van der Waals surface area contributed by atoms with Crippen LogP contribution >= 0.6 is 0 Å². The zero-order valence-electron chi connectivity index (χ0n) is 15.5. The van der Waals surface area contributed by atoms with Crippen molar-refractivity contribution >= 4 is 23.0 Å². The monoisotopic (exact) mass is 375 g/mol. The molecule has 142 valence electrons. The molecule has 5 rings (SSSR count). The molecular weight excluding hydrogens is 354 g/mol. The second-order valence-electron chi connectivity index (χ2n) is 6.95. The molecule has 0 atom stereocenters. The number of carbonyl (C=O) groups excluding carboxylic acids is 1. The van der Waals surface area contributed by atoms with E-state index in [0.717, 1.165) is 68.0 Å². The van der Waals surface area contributed by atoms with Gasteiger partial charge in [-0.25, -0.2) is 0 Å². The number of rotatable bonds is 3. The van der Waals surface area contributed by atoms with E-state index >= 15 is 0 Å². The van der Waals surface area contributed by atoms with E-state index in [4.69, 9.17) is 4.74 Å². The summed E-state index contributed by atoms with van der Waals surface area (Å²) in [7, 11) is 0. The minimum Gasteiger partial charge on any atom is -0.378 e. The Morgan fingerprint density at radius 2 is 2.07 bits per heavy atom. The van der Waals surface area contributed by atoms with Crippen LogP contribution < -0.4 is 10.2 Å². The molecule has 1 fully saturated rings. The molecule has 1 saturated heterocycles. The summed E-state index contributed by atoms with van der Waals surface area (Å²) in [4.78, 5) is 25.8. The topological polar surface area (TPSA) is 70.1 Å². The fourth-order valence-electron chi connectivity index (χ4n) is 3.80. The van der Waals surface area contributed by atoms with Crippen LogP contribution in [0.1, 0.15) is 15.9 Å². The third-order valence-electron chi connectivity index (χ3n) is 5.23. The van der Waals surface area contributed by atoms with Gasteiger partial charge in [-0.1, -0.05) is 0 Å². The SMILES string of the molecule is O=C(C=C1Nc2cc(N3CCOCC3)ccc2C2=NCCN12)c1cccnc1. The maximum absolute atomic E-state index is 12.7. The molecular formula is C21H21N5O2. The van der Waals surface area contributed by atoms with Crippen LogP contribution in [0.4, 0.5) is 11.4 Å². The van der Waals surface area contributed by atoms with Crippen molar-refractivity contribution in [3.63, 3.8) is 0 Å². The number of hydrogen-bond donors (Lipinski definition) is 1. The quantitative estimate of drug-likeness (QED) is 0.655. The maximum atomic E-state index is 12.7.